The van der Waals surface area contributed by atoms with Gasteiger partial charge in [0.05, 0.1) is 6.04 Å². The first kappa shape index (κ1) is 18.8. The third-order valence-corrected chi connectivity index (χ3v) is 4.52. The van der Waals surface area contributed by atoms with Crippen LogP contribution in [0.1, 0.15) is 38.7 Å². The maximum Gasteiger partial charge on any atom is 0.237 e. The van der Waals surface area contributed by atoms with Crippen molar-refractivity contribution in [3.05, 3.63) is 35.4 Å². The zero-order chi connectivity index (χ0) is 15.6. The molecular formula is C16H23ClF2N2O. The Morgan fingerprint density at radius 3 is 2.55 bits per heavy atom. The van der Waals surface area contributed by atoms with E-state index in [1.165, 1.54) is 12.1 Å². The maximum atomic E-state index is 13.9. The van der Waals surface area contributed by atoms with E-state index in [9.17, 15) is 13.6 Å². The molecule has 0 bridgehead atoms. The van der Waals surface area contributed by atoms with Crippen LogP contribution < -0.4 is 11.1 Å². The van der Waals surface area contributed by atoms with Gasteiger partial charge in [-0.2, -0.15) is 0 Å². The average Bonchev–Trinajstić information content (AvgIpc) is 3.24. The van der Waals surface area contributed by atoms with Crippen LogP contribution in [0.2, 0.25) is 0 Å². The van der Waals surface area contributed by atoms with Gasteiger partial charge in [0.15, 0.2) is 0 Å². The van der Waals surface area contributed by atoms with Crippen molar-refractivity contribution in [3.63, 3.8) is 0 Å². The van der Waals surface area contributed by atoms with Gasteiger partial charge in [-0.25, -0.2) is 8.78 Å². The van der Waals surface area contributed by atoms with Crippen LogP contribution in [0.4, 0.5) is 8.78 Å². The molecule has 1 saturated carbocycles. The highest BCUT2D eigenvalue weighted by Crippen LogP contribution is 2.48. The summed E-state index contributed by atoms with van der Waals surface area (Å²) in [6.45, 7) is 4.25. The van der Waals surface area contributed by atoms with Crippen LogP contribution in [-0.2, 0) is 10.2 Å². The van der Waals surface area contributed by atoms with Crippen LogP contribution in [0.25, 0.3) is 0 Å². The summed E-state index contributed by atoms with van der Waals surface area (Å²) in [4.78, 5) is 12.0. The Bertz CT molecular complexity index is 535. The van der Waals surface area contributed by atoms with Crippen molar-refractivity contribution in [1.29, 1.82) is 0 Å². The third kappa shape index (κ3) is 3.96. The summed E-state index contributed by atoms with van der Waals surface area (Å²) >= 11 is 0. The highest BCUT2D eigenvalue weighted by atomic mass is 35.5. The smallest absolute Gasteiger partial charge is 0.237 e. The van der Waals surface area contributed by atoms with Crippen LogP contribution in [-0.4, -0.2) is 18.5 Å². The molecule has 1 fully saturated rings. The predicted octanol–water partition coefficient (Wildman–Crippen LogP) is 2.91. The number of halogens is 3. The molecule has 3 N–H and O–H groups in total. The highest BCUT2D eigenvalue weighted by molar-refractivity contribution is 5.85. The molecule has 6 heteroatoms. The topological polar surface area (TPSA) is 55.1 Å². The molecule has 1 amide bonds. The van der Waals surface area contributed by atoms with E-state index in [0.717, 1.165) is 25.3 Å². The largest absolute Gasteiger partial charge is 0.354 e. The van der Waals surface area contributed by atoms with E-state index in [4.69, 9.17) is 5.73 Å². The van der Waals surface area contributed by atoms with Gasteiger partial charge >= 0.3 is 0 Å². The molecule has 0 spiro atoms. The van der Waals surface area contributed by atoms with Crippen molar-refractivity contribution in [1.82, 2.24) is 5.32 Å². The summed E-state index contributed by atoms with van der Waals surface area (Å²) in [5.41, 5.74) is 5.95. The minimum Gasteiger partial charge on any atom is -0.354 e. The van der Waals surface area contributed by atoms with E-state index < -0.39 is 23.1 Å². The quantitative estimate of drug-likeness (QED) is 0.841. The van der Waals surface area contributed by atoms with Gasteiger partial charge < -0.3 is 11.1 Å². The number of rotatable bonds is 6. The van der Waals surface area contributed by atoms with Gasteiger partial charge in [-0.05, 0) is 30.4 Å². The zero-order valence-electron chi connectivity index (χ0n) is 12.9. The fourth-order valence-electron chi connectivity index (χ4n) is 2.50. The van der Waals surface area contributed by atoms with Crippen LogP contribution in [0.15, 0.2) is 18.2 Å². The van der Waals surface area contributed by atoms with E-state index >= 15 is 0 Å². The number of hydrogen-bond acceptors (Lipinski definition) is 2. The van der Waals surface area contributed by atoms with Crippen molar-refractivity contribution >= 4 is 18.3 Å². The predicted molar refractivity (Wildman–Crippen MR) is 85.0 cm³/mol. The molecule has 1 aliphatic rings. The molecule has 0 radical (unpaired) electrons. The van der Waals surface area contributed by atoms with Gasteiger partial charge in [0.2, 0.25) is 5.91 Å². The van der Waals surface area contributed by atoms with E-state index in [1.54, 1.807) is 0 Å². The fraction of sp³-hybridized carbons (Fsp3) is 0.562. The van der Waals surface area contributed by atoms with E-state index in [2.05, 4.69) is 5.32 Å². The fourth-order valence-corrected chi connectivity index (χ4v) is 2.50. The Morgan fingerprint density at radius 2 is 2.05 bits per heavy atom. The maximum absolute atomic E-state index is 13.9. The summed E-state index contributed by atoms with van der Waals surface area (Å²) in [6.07, 6.45) is 2.40. The standard InChI is InChI=1S/C16H22F2N2O.ClH/c1-3-10(2)14(19)15(21)20-9-16(6-7-16)12-5-4-11(17)8-13(12)18;/h4-5,8,10,14H,3,6-7,9,19H2,1-2H3,(H,20,21);1H. The molecule has 0 aromatic heterocycles. The van der Waals surface area contributed by atoms with Crippen molar-refractivity contribution < 1.29 is 13.6 Å². The minimum absolute atomic E-state index is 0. The summed E-state index contributed by atoms with van der Waals surface area (Å²) in [7, 11) is 0. The molecule has 2 unspecified atom stereocenters. The Labute approximate surface area is 136 Å². The summed E-state index contributed by atoms with van der Waals surface area (Å²) in [6, 6.07) is 3.06. The Kier molecular flexibility index (Phi) is 6.32. The summed E-state index contributed by atoms with van der Waals surface area (Å²) < 4.78 is 26.9. The first-order chi connectivity index (χ1) is 9.89. The molecule has 0 heterocycles. The summed E-state index contributed by atoms with van der Waals surface area (Å²) in [5.74, 6) is -1.25. The molecule has 2 atom stereocenters. The van der Waals surface area contributed by atoms with Crippen molar-refractivity contribution in [2.75, 3.05) is 6.54 Å². The molecule has 124 valence electrons. The van der Waals surface area contributed by atoms with Crippen molar-refractivity contribution in [3.8, 4) is 0 Å². The summed E-state index contributed by atoms with van der Waals surface area (Å²) in [5, 5.41) is 2.82. The van der Waals surface area contributed by atoms with E-state index in [1.807, 2.05) is 13.8 Å². The molecule has 0 aliphatic heterocycles. The molecule has 2 rings (SSSR count). The van der Waals surface area contributed by atoms with Crippen molar-refractivity contribution in [2.45, 2.75) is 44.6 Å². The number of carbonyl (C=O) groups excluding carboxylic acids is 1. The second-order valence-corrected chi connectivity index (χ2v) is 6.03. The normalized spacial score (nSPS) is 18.0. The molecule has 1 aromatic rings. The third-order valence-electron chi connectivity index (χ3n) is 4.52. The van der Waals surface area contributed by atoms with Gasteiger partial charge in [-0.3, -0.25) is 4.79 Å². The molecular weight excluding hydrogens is 310 g/mol. The van der Waals surface area contributed by atoms with Crippen LogP contribution in [0.5, 0.6) is 0 Å². The molecule has 1 aromatic carbocycles. The number of carbonyl (C=O) groups is 1. The number of hydrogen-bond donors (Lipinski definition) is 2. The van der Waals surface area contributed by atoms with Gasteiger partial charge in [0.25, 0.3) is 0 Å². The van der Waals surface area contributed by atoms with Crippen molar-refractivity contribution in [2.24, 2.45) is 11.7 Å². The lowest BCUT2D eigenvalue weighted by molar-refractivity contribution is -0.123. The van der Waals surface area contributed by atoms with E-state index in [-0.39, 0.29) is 24.2 Å². The monoisotopic (exact) mass is 332 g/mol. The Morgan fingerprint density at radius 1 is 1.41 bits per heavy atom. The number of nitrogens with two attached hydrogens (primary N) is 1. The first-order valence-corrected chi connectivity index (χ1v) is 7.38. The van der Waals surface area contributed by atoms with Crippen LogP contribution in [0, 0.1) is 17.6 Å². The second kappa shape index (κ2) is 7.38. The lowest BCUT2D eigenvalue weighted by atomic mass is 9.94. The minimum atomic E-state index is -0.588. The lowest BCUT2D eigenvalue weighted by Crippen LogP contribution is -2.46. The number of benzene rings is 1. The first-order valence-electron chi connectivity index (χ1n) is 7.38. The van der Waals surface area contributed by atoms with Gasteiger partial charge in [0.1, 0.15) is 11.6 Å². The van der Waals surface area contributed by atoms with E-state index in [0.29, 0.717) is 12.1 Å². The lowest BCUT2D eigenvalue weighted by Gasteiger charge is -2.21. The number of amides is 1. The molecule has 1 aliphatic carbocycles. The van der Waals surface area contributed by atoms with Crippen LogP contribution in [0.3, 0.4) is 0 Å². The Hall–Kier alpha value is -1.20. The highest BCUT2D eigenvalue weighted by Gasteiger charge is 2.46. The second-order valence-electron chi connectivity index (χ2n) is 6.03. The van der Waals surface area contributed by atoms with Gasteiger partial charge in [-0.15, -0.1) is 12.4 Å². The molecule has 22 heavy (non-hydrogen) atoms. The molecule has 0 saturated heterocycles. The zero-order valence-corrected chi connectivity index (χ0v) is 13.7. The molecule has 3 nitrogen and oxygen atoms in total. The SMILES string of the molecule is CCC(C)C(N)C(=O)NCC1(c2ccc(F)cc2F)CC1.Cl. The van der Waals surface area contributed by atoms with Gasteiger partial charge in [-0.1, -0.05) is 26.3 Å². The average molecular weight is 333 g/mol. The Balaban J connectivity index is 0.00000242. The number of nitrogens with one attached hydrogen (secondary N) is 1. The van der Waals surface area contributed by atoms with Crippen LogP contribution >= 0.6 is 12.4 Å². The van der Waals surface area contributed by atoms with Gasteiger partial charge in [0, 0.05) is 18.0 Å².